The third-order valence-electron chi connectivity index (χ3n) is 3.24. The number of amides is 1. The van der Waals surface area contributed by atoms with E-state index in [0.29, 0.717) is 31.3 Å². The van der Waals surface area contributed by atoms with Gasteiger partial charge in [-0.3, -0.25) is 4.79 Å². The Labute approximate surface area is 116 Å². The van der Waals surface area contributed by atoms with E-state index >= 15 is 0 Å². The zero-order chi connectivity index (χ0) is 13.9. The molecule has 1 fully saturated rings. The number of rotatable bonds is 3. The summed E-state index contributed by atoms with van der Waals surface area (Å²) >= 11 is 0. The van der Waals surface area contributed by atoms with Crippen LogP contribution in [0.5, 0.6) is 0 Å². The topological polar surface area (TPSA) is 76.4 Å². The maximum absolute atomic E-state index is 12.1. The van der Waals surface area contributed by atoms with Gasteiger partial charge in [0, 0.05) is 18.7 Å². The van der Waals surface area contributed by atoms with Crippen LogP contribution in [-0.4, -0.2) is 36.7 Å². The molecule has 3 rings (SSSR count). The van der Waals surface area contributed by atoms with Crippen LogP contribution in [0.15, 0.2) is 22.6 Å². The van der Waals surface area contributed by atoms with Gasteiger partial charge in [0.05, 0.1) is 13.2 Å². The molecule has 1 saturated heterocycles. The average Bonchev–Trinajstić information content (AvgIpc) is 2.90. The molecule has 0 radical (unpaired) electrons. The standard InChI is InChI=1S/C14H17N3O3/c1-2-13-17-10-7-9(3-4-12(10)20-13)16-14(18)11-8-19-6-5-15-11/h3-4,7,11,15H,2,5-6,8H2,1H3,(H,16,18). The number of aromatic nitrogens is 1. The van der Waals surface area contributed by atoms with Gasteiger partial charge in [-0.15, -0.1) is 0 Å². The van der Waals surface area contributed by atoms with Crippen LogP contribution < -0.4 is 10.6 Å². The Bertz CT molecular complexity index is 617. The summed E-state index contributed by atoms with van der Waals surface area (Å²) in [4.78, 5) is 16.4. The fraction of sp³-hybridized carbons (Fsp3) is 0.429. The lowest BCUT2D eigenvalue weighted by Gasteiger charge is -2.22. The lowest BCUT2D eigenvalue weighted by atomic mass is 10.2. The van der Waals surface area contributed by atoms with Gasteiger partial charge in [-0.05, 0) is 18.2 Å². The number of benzene rings is 1. The summed E-state index contributed by atoms with van der Waals surface area (Å²) in [5, 5.41) is 5.99. The molecule has 1 aliphatic rings. The van der Waals surface area contributed by atoms with Gasteiger partial charge in [0.2, 0.25) is 5.91 Å². The molecule has 0 bridgehead atoms. The van der Waals surface area contributed by atoms with Crippen LogP contribution >= 0.6 is 0 Å². The number of carbonyl (C=O) groups is 1. The van der Waals surface area contributed by atoms with Gasteiger partial charge < -0.3 is 19.8 Å². The van der Waals surface area contributed by atoms with Crippen molar-refractivity contribution in [2.24, 2.45) is 0 Å². The monoisotopic (exact) mass is 275 g/mol. The molecule has 2 heterocycles. The molecule has 1 aromatic heterocycles. The van der Waals surface area contributed by atoms with Crippen LogP contribution in [0.25, 0.3) is 11.1 Å². The van der Waals surface area contributed by atoms with Crippen molar-refractivity contribution < 1.29 is 13.9 Å². The summed E-state index contributed by atoms with van der Waals surface area (Å²) in [5.41, 5.74) is 2.21. The summed E-state index contributed by atoms with van der Waals surface area (Å²) < 4.78 is 10.8. The molecular formula is C14H17N3O3. The Hall–Kier alpha value is -1.92. The number of oxazole rings is 1. The maximum atomic E-state index is 12.1. The zero-order valence-electron chi connectivity index (χ0n) is 11.3. The number of hydrogen-bond acceptors (Lipinski definition) is 5. The quantitative estimate of drug-likeness (QED) is 0.883. The second-order valence-electron chi connectivity index (χ2n) is 4.71. The molecule has 0 saturated carbocycles. The SMILES string of the molecule is CCc1nc2cc(NC(=O)C3COCCN3)ccc2o1. The number of aryl methyl sites for hydroxylation is 1. The molecular weight excluding hydrogens is 258 g/mol. The second kappa shape index (κ2) is 5.60. The molecule has 2 aromatic rings. The van der Waals surface area contributed by atoms with Crippen molar-refractivity contribution in [1.82, 2.24) is 10.3 Å². The number of hydrogen-bond donors (Lipinski definition) is 2. The Morgan fingerprint density at radius 3 is 3.20 bits per heavy atom. The molecule has 106 valence electrons. The average molecular weight is 275 g/mol. The maximum Gasteiger partial charge on any atom is 0.243 e. The van der Waals surface area contributed by atoms with Crippen LogP contribution in [0.2, 0.25) is 0 Å². The van der Waals surface area contributed by atoms with E-state index in [1.807, 2.05) is 25.1 Å². The summed E-state index contributed by atoms with van der Waals surface area (Å²) in [7, 11) is 0. The normalized spacial score (nSPS) is 19.1. The Kier molecular flexibility index (Phi) is 3.66. The summed E-state index contributed by atoms with van der Waals surface area (Å²) in [6.45, 7) is 3.73. The highest BCUT2D eigenvalue weighted by Crippen LogP contribution is 2.20. The first kappa shape index (κ1) is 13.1. The molecule has 1 atom stereocenters. The Morgan fingerprint density at radius 1 is 1.55 bits per heavy atom. The van der Waals surface area contributed by atoms with Gasteiger partial charge in [0.15, 0.2) is 11.5 Å². The van der Waals surface area contributed by atoms with Crippen molar-refractivity contribution >= 4 is 22.7 Å². The molecule has 20 heavy (non-hydrogen) atoms. The molecule has 2 N–H and O–H groups in total. The molecule has 6 heteroatoms. The van der Waals surface area contributed by atoms with Crippen molar-refractivity contribution in [3.63, 3.8) is 0 Å². The van der Waals surface area contributed by atoms with Gasteiger partial charge >= 0.3 is 0 Å². The molecule has 0 aliphatic carbocycles. The Balaban J connectivity index is 1.74. The highest BCUT2D eigenvalue weighted by atomic mass is 16.5. The number of carbonyl (C=O) groups excluding carboxylic acids is 1. The van der Waals surface area contributed by atoms with E-state index in [4.69, 9.17) is 9.15 Å². The van der Waals surface area contributed by atoms with Crippen molar-refractivity contribution in [2.45, 2.75) is 19.4 Å². The first-order chi connectivity index (χ1) is 9.76. The predicted octanol–water partition coefficient (Wildman–Crippen LogP) is 1.32. The molecule has 0 spiro atoms. The number of morpholine rings is 1. The fourth-order valence-electron chi connectivity index (χ4n) is 2.17. The lowest BCUT2D eigenvalue weighted by molar-refractivity contribution is -0.120. The predicted molar refractivity (Wildman–Crippen MR) is 74.6 cm³/mol. The van der Waals surface area contributed by atoms with Gasteiger partial charge in [0.25, 0.3) is 0 Å². The first-order valence-electron chi connectivity index (χ1n) is 6.77. The molecule has 1 unspecified atom stereocenters. The van der Waals surface area contributed by atoms with E-state index < -0.39 is 0 Å². The highest BCUT2D eigenvalue weighted by Gasteiger charge is 2.21. The van der Waals surface area contributed by atoms with E-state index in [-0.39, 0.29) is 11.9 Å². The minimum absolute atomic E-state index is 0.0942. The van der Waals surface area contributed by atoms with Crippen molar-refractivity contribution in [2.75, 3.05) is 25.1 Å². The number of nitrogens with one attached hydrogen (secondary N) is 2. The van der Waals surface area contributed by atoms with E-state index in [1.54, 1.807) is 0 Å². The summed E-state index contributed by atoms with van der Waals surface area (Å²) in [6, 6.07) is 5.15. The number of ether oxygens (including phenoxy) is 1. The van der Waals surface area contributed by atoms with E-state index in [0.717, 1.165) is 17.5 Å². The third-order valence-corrected chi connectivity index (χ3v) is 3.24. The van der Waals surface area contributed by atoms with Crippen LogP contribution in [0.3, 0.4) is 0 Å². The van der Waals surface area contributed by atoms with E-state index in [2.05, 4.69) is 15.6 Å². The Morgan fingerprint density at radius 2 is 2.45 bits per heavy atom. The summed E-state index contributed by atoms with van der Waals surface area (Å²) in [6.07, 6.45) is 0.750. The molecule has 6 nitrogen and oxygen atoms in total. The fourth-order valence-corrected chi connectivity index (χ4v) is 2.17. The minimum Gasteiger partial charge on any atom is -0.441 e. The first-order valence-corrected chi connectivity index (χ1v) is 6.77. The number of fused-ring (bicyclic) bond motifs is 1. The smallest absolute Gasteiger partial charge is 0.243 e. The van der Waals surface area contributed by atoms with E-state index in [9.17, 15) is 4.79 Å². The summed E-state index contributed by atoms with van der Waals surface area (Å²) in [5.74, 6) is 0.606. The van der Waals surface area contributed by atoms with Gasteiger partial charge in [-0.2, -0.15) is 0 Å². The largest absolute Gasteiger partial charge is 0.441 e. The van der Waals surface area contributed by atoms with Crippen molar-refractivity contribution in [3.05, 3.63) is 24.1 Å². The van der Waals surface area contributed by atoms with Crippen molar-refractivity contribution in [1.29, 1.82) is 0 Å². The molecule has 1 amide bonds. The van der Waals surface area contributed by atoms with E-state index in [1.165, 1.54) is 0 Å². The zero-order valence-corrected chi connectivity index (χ0v) is 11.3. The minimum atomic E-state index is -0.303. The van der Waals surface area contributed by atoms with Crippen LogP contribution in [0.1, 0.15) is 12.8 Å². The number of nitrogens with zero attached hydrogens (tertiary/aromatic N) is 1. The van der Waals surface area contributed by atoms with Crippen LogP contribution in [0.4, 0.5) is 5.69 Å². The molecule has 1 aromatic carbocycles. The van der Waals surface area contributed by atoms with Crippen LogP contribution in [0, 0.1) is 0 Å². The third kappa shape index (κ3) is 2.66. The van der Waals surface area contributed by atoms with Crippen LogP contribution in [-0.2, 0) is 16.0 Å². The lowest BCUT2D eigenvalue weighted by Crippen LogP contribution is -2.48. The second-order valence-corrected chi connectivity index (χ2v) is 4.71. The highest BCUT2D eigenvalue weighted by molar-refractivity contribution is 5.96. The number of anilines is 1. The van der Waals surface area contributed by atoms with Gasteiger partial charge in [-0.25, -0.2) is 4.98 Å². The molecule has 1 aliphatic heterocycles. The van der Waals surface area contributed by atoms with Crippen molar-refractivity contribution in [3.8, 4) is 0 Å². The van der Waals surface area contributed by atoms with Gasteiger partial charge in [0.1, 0.15) is 11.6 Å². The van der Waals surface area contributed by atoms with Gasteiger partial charge in [-0.1, -0.05) is 6.92 Å².